The predicted molar refractivity (Wildman–Crippen MR) is 85.8 cm³/mol. The minimum Gasteiger partial charge on any atom is -0.447 e. The van der Waals surface area contributed by atoms with Crippen LogP contribution < -0.4 is 0 Å². The summed E-state index contributed by atoms with van der Waals surface area (Å²) in [6, 6.07) is 7.50. The Balaban J connectivity index is 2.67. The average molecular weight is 335 g/mol. The van der Waals surface area contributed by atoms with Gasteiger partial charge in [-0.05, 0) is 53.2 Å². The maximum Gasteiger partial charge on any atom is 0.339 e. The van der Waals surface area contributed by atoms with Gasteiger partial charge in [-0.25, -0.2) is 4.79 Å². The van der Waals surface area contributed by atoms with Crippen LogP contribution >= 0.6 is 15.9 Å². The van der Waals surface area contributed by atoms with Crippen LogP contribution in [-0.2, 0) is 11.2 Å². The normalized spacial score (nSPS) is 11.4. The number of carbonyl (C=O) groups is 1. The van der Waals surface area contributed by atoms with E-state index in [1.54, 1.807) is 12.1 Å². The van der Waals surface area contributed by atoms with Crippen LogP contribution in [0.3, 0.4) is 0 Å². The Labute approximate surface area is 129 Å². The highest BCUT2D eigenvalue weighted by Crippen LogP contribution is 2.17. The molecule has 0 radical (unpaired) electrons. The zero-order valence-electron chi connectivity index (χ0n) is 11.5. The molecule has 3 heteroatoms. The average Bonchev–Trinajstić information content (AvgIpc) is 2.46. The van der Waals surface area contributed by atoms with Gasteiger partial charge in [-0.2, -0.15) is 0 Å². The van der Waals surface area contributed by atoms with Crippen molar-refractivity contribution >= 4 is 21.9 Å². The van der Waals surface area contributed by atoms with Gasteiger partial charge in [0, 0.05) is 6.42 Å². The number of hydrogen-bond acceptors (Lipinski definition) is 2. The number of hydrogen-bond donors (Lipinski definition) is 0. The molecule has 0 heterocycles. The van der Waals surface area contributed by atoms with Crippen molar-refractivity contribution in [1.82, 2.24) is 0 Å². The van der Waals surface area contributed by atoms with E-state index in [0.717, 1.165) is 24.8 Å². The lowest BCUT2D eigenvalue weighted by Crippen LogP contribution is -2.14. The van der Waals surface area contributed by atoms with Gasteiger partial charge in [0.25, 0.3) is 0 Å². The van der Waals surface area contributed by atoms with Crippen LogP contribution in [0.2, 0.25) is 0 Å². The quantitative estimate of drug-likeness (QED) is 0.230. The van der Waals surface area contributed by atoms with E-state index in [0.29, 0.717) is 18.4 Å². The molecule has 0 amide bonds. The molecule has 0 N–H and O–H groups in total. The fraction of sp³-hybridized carbons (Fsp3) is 0.353. The van der Waals surface area contributed by atoms with E-state index >= 15 is 0 Å². The summed E-state index contributed by atoms with van der Waals surface area (Å²) in [6.07, 6.45) is 10.9. The Kier molecular flexibility index (Phi) is 7.75. The first-order valence-electron chi connectivity index (χ1n) is 6.66. The van der Waals surface area contributed by atoms with E-state index in [1.165, 1.54) is 0 Å². The van der Waals surface area contributed by atoms with E-state index in [1.807, 2.05) is 18.2 Å². The molecule has 1 atom stereocenters. The number of alkyl halides is 1. The second-order valence-electron chi connectivity index (χ2n) is 4.40. The highest BCUT2D eigenvalue weighted by molar-refractivity contribution is 9.09. The van der Waals surface area contributed by atoms with Crippen molar-refractivity contribution in [2.24, 2.45) is 0 Å². The Bertz CT molecular complexity index is 488. The van der Waals surface area contributed by atoms with Crippen molar-refractivity contribution in [1.29, 1.82) is 0 Å². The van der Waals surface area contributed by atoms with Crippen molar-refractivity contribution < 1.29 is 9.53 Å². The van der Waals surface area contributed by atoms with Crippen LogP contribution in [-0.4, -0.2) is 11.0 Å². The Morgan fingerprint density at radius 2 is 2.25 bits per heavy atom. The first kappa shape index (κ1) is 16.5. The van der Waals surface area contributed by atoms with Crippen molar-refractivity contribution in [3.05, 3.63) is 48.0 Å². The molecule has 0 aliphatic carbocycles. The van der Waals surface area contributed by atoms with Gasteiger partial charge >= 0.3 is 5.97 Å². The maximum absolute atomic E-state index is 12.2. The molecule has 20 heavy (non-hydrogen) atoms. The standard InChI is InChI=1S/C17H19BrO2/c1-3-5-7-10-14-11-8-9-12-15(14)17(19)20-16(18)13-6-4-2/h1,4,8-9,11-12,16H,2,5-7,10,13H2. The number of allylic oxidation sites excluding steroid dienone is 1. The Morgan fingerprint density at radius 1 is 1.50 bits per heavy atom. The third kappa shape index (κ3) is 5.63. The fourth-order valence-corrected chi connectivity index (χ4v) is 2.24. The van der Waals surface area contributed by atoms with Crippen LogP contribution in [0.4, 0.5) is 0 Å². The summed E-state index contributed by atoms with van der Waals surface area (Å²) in [5.41, 5.74) is 1.60. The third-order valence-corrected chi connectivity index (χ3v) is 3.48. The molecule has 0 aliphatic heterocycles. The summed E-state index contributed by atoms with van der Waals surface area (Å²) in [6.45, 7) is 3.65. The second kappa shape index (κ2) is 9.39. The molecule has 0 bridgehead atoms. The van der Waals surface area contributed by atoms with E-state index in [9.17, 15) is 4.79 Å². The van der Waals surface area contributed by atoms with E-state index < -0.39 is 0 Å². The number of carbonyl (C=O) groups excluding carboxylic acids is 1. The lowest BCUT2D eigenvalue weighted by Gasteiger charge is -2.13. The van der Waals surface area contributed by atoms with Crippen molar-refractivity contribution in [3.8, 4) is 12.3 Å². The summed E-state index contributed by atoms with van der Waals surface area (Å²) in [4.78, 5) is 12.2. The summed E-state index contributed by atoms with van der Waals surface area (Å²) in [7, 11) is 0. The topological polar surface area (TPSA) is 26.3 Å². The van der Waals surface area contributed by atoms with Gasteiger partial charge in [-0.3, -0.25) is 0 Å². The number of terminal acetylenes is 1. The van der Waals surface area contributed by atoms with Crippen molar-refractivity contribution in [2.75, 3.05) is 0 Å². The SMILES string of the molecule is C#CCCCc1ccccc1C(=O)OC(Br)CCC=C. The number of halogens is 1. The Hall–Kier alpha value is -1.53. The van der Waals surface area contributed by atoms with Gasteiger partial charge in [-0.15, -0.1) is 18.9 Å². The fourth-order valence-electron chi connectivity index (χ4n) is 1.81. The van der Waals surface area contributed by atoms with Gasteiger partial charge < -0.3 is 4.74 Å². The van der Waals surface area contributed by atoms with Gasteiger partial charge in [0.2, 0.25) is 0 Å². The van der Waals surface area contributed by atoms with E-state index in [-0.39, 0.29) is 11.0 Å². The van der Waals surface area contributed by atoms with Crippen LogP contribution in [0, 0.1) is 12.3 Å². The van der Waals surface area contributed by atoms with Gasteiger partial charge in [0.1, 0.15) is 0 Å². The molecule has 0 saturated heterocycles. The highest BCUT2D eigenvalue weighted by Gasteiger charge is 2.15. The van der Waals surface area contributed by atoms with Crippen molar-refractivity contribution in [3.63, 3.8) is 0 Å². The summed E-state index contributed by atoms with van der Waals surface area (Å²) >= 11 is 3.35. The van der Waals surface area contributed by atoms with Crippen molar-refractivity contribution in [2.45, 2.75) is 37.1 Å². The zero-order valence-corrected chi connectivity index (χ0v) is 13.1. The zero-order chi connectivity index (χ0) is 14.8. The molecule has 0 saturated carbocycles. The summed E-state index contributed by atoms with van der Waals surface area (Å²) in [5, 5.41) is -0.285. The minimum absolute atomic E-state index is 0.285. The summed E-state index contributed by atoms with van der Waals surface area (Å²) < 4.78 is 5.38. The second-order valence-corrected chi connectivity index (χ2v) is 5.42. The molecule has 1 rings (SSSR count). The first-order valence-corrected chi connectivity index (χ1v) is 7.58. The Morgan fingerprint density at radius 3 is 2.95 bits per heavy atom. The predicted octanol–water partition coefficient (Wildman–Crippen LogP) is 4.49. The highest BCUT2D eigenvalue weighted by atomic mass is 79.9. The maximum atomic E-state index is 12.2. The number of ether oxygens (including phenoxy) is 1. The van der Waals surface area contributed by atoms with Gasteiger partial charge in [0.15, 0.2) is 5.01 Å². The van der Waals surface area contributed by atoms with Gasteiger partial charge in [0.05, 0.1) is 5.56 Å². The lowest BCUT2D eigenvalue weighted by molar-refractivity contribution is 0.0458. The molecule has 1 aromatic rings. The largest absolute Gasteiger partial charge is 0.447 e. The van der Waals surface area contributed by atoms with Gasteiger partial charge in [-0.1, -0.05) is 24.3 Å². The summed E-state index contributed by atoms with van der Waals surface area (Å²) in [5.74, 6) is 2.31. The van der Waals surface area contributed by atoms with Crippen LogP contribution in [0.5, 0.6) is 0 Å². The molecule has 0 aromatic heterocycles. The van der Waals surface area contributed by atoms with Crippen LogP contribution in [0.15, 0.2) is 36.9 Å². The number of rotatable bonds is 8. The molecule has 0 fully saturated rings. The smallest absolute Gasteiger partial charge is 0.339 e. The number of benzene rings is 1. The monoisotopic (exact) mass is 334 g/mol. The molecule has 106 valence electrons. The molecule has 2 nitrogen and oxygen atoms in total. The third-order valence-electron chi connectivity index (χ3n) is 2.84. The molecular weight excluding hydrogens is 316 g/mol. The number of aryl methyl sites for hydroxylation is 1. The van der Waals surface area contributed by atoms with E-state index in [2.05, 4.69) is 28.4 Å². The molecule has 0 spiro atoms. The lowest BCUT2D eigenvalue weighted by atomic mass is 10.0. The molecule has 1 aromatic carbocycles. The molecule has 0 aliphatic rings. The minimum atomic E-state index is -0.299. The van der Waals surface area contributed by atoms with Crippen LogP contribution in [0.1, 0.15) is 41.6 Å². The number of esters is 1. The van der Waals surface area contributed by atoms with E-state index in [4.69, 9.17) is 11.2 Å². The molecule has 1 unspecified atom stereocenters. The molecular formula is C17H19BrO2. The first-order chi connectivity index (χ1) is 9.69. The van der Waals surface area contributed by atoms with Crippen LogP contribution in [0.25, 0.3) is 0 Å². The number of unbranched alkanes of at least 4 members (excludes halogenated alkanes) is 1.